The molecule has 0 unspecified atom stereocenters. The fraction of sp³-hybridized carbons (Fsp3) is 0.556. The Morgan fingerprint density at radius 1 is 0.731 bits per heavy atom. The summed E-state index contributed by atoms with van der Waals surface area (Å²) in [6, 6.07) is 4.00. The first-order valence-corrected chi connectivity index (χ1v) is 9.25. The molecule has 0 amide bonds. The number of anilines is 3. The Morgan fingerprint density at radius 3 is 1.81 bits per heavy atom. The normalized spacial score (nSPS) is 19.1. The molecule has 8 nitrogen and oxygen atoms in total. The number of aromatic nitrogens is 4. The van der Waals surface area contributed by atoms with Gasteiger partial charge in [0.25, 0.3) is 0 Å². The molecule has 2 aliphatic heterocycles. The molecular weight excluding hydrogens is 328 g/mol. The van der Waals surface area contributed by atoms with Gasteiger partial charge >= 0.3 is 0 Å². The molecule has 26 heavy (non-hydrogen) atoms. The summed E-state index contributed by atoms with van der Waals surface area (Å²) in [6.07, 6.45) is 3.59. The van der Waals surface area contributed by atoms with Crippen molar-refractivity contribution < 1.29 is 0 Å². The van der Waals surface area contributed by atoms with E-state index in [1.165, 1.54) is 0 Å². The van der Waals surface area contributed by atoms with Crippen LogP contribution in [0.25, 0.3) is 0 Å². The van der Waals surface area contributed by atoms with Gasteiger partial charge in [-0.2, -0.15) is 0 Å². The Morgan fingerprint density at radius 2 is 1.23 bits per heavy atom. The van der Waals surface area contributed by atoms with Crippen LogP contribution in [-0.4, -0.2) is 84.2 Å². The number of nitrogens with zero attached hydrogens (tertiary/aromatic N) is 8. The van der Waals surface area contributed by atoms with Crippen LogP contribution in [0.3, 0.4) is 0 Å². The molecule has 8 heteroatoms. The molecule has 4 heterocycles. The molecule has 2 fully saturated rings. The second kappa shape index (κ2) is 7.41. The molecule has 0 radical (unpaired) electrons. The van der Waals surface area contributed by atoms with E-state index in [4.69, 9.17) is 4.98 Å². The first-order chi connectivity index (χ1) is 12.7. The molecule has 0 N–H and O–H groups in total. The van der Waals surface area contributed by atoms with Crippen molar-refractivity contribution >= 4 is 17.6 Å². The highest BCUT2D eigenvalue weighted by atomic mass is 15.3. The van der Waals surface area contributed by atoms with E-state index >= 15 is 0 Å². The van der Waals surface area contributed by atoms with Crippen LogP contribution in [0.5, 0.6) is 0 Å². The van der Waals surface area contributed by atoms with Crippen molar-refractivity contribution in [2.24, 2.45) is 0 Å². The van der Waals surface area contributed by atoms with Crippen molar-refractivity contribution in [2.75, 3.05) is 74.1 Å². The number of hydrogen-bond acceptors (Lipinski definition) is 8. The maximum atomic E-state index is 4.69. The van der Waals surface area contributed by atoms with Crippen LogP contribution in [0, 0.1) is 6.92 Å². The standard InChI is InChI=1S/C18H26N8/c1-15-21-16(24-8-6-23(2)7-9-24)14-17(22-15)25-10-12-26(13-11-25)18-19-4-3-5-20-18/h3-5,14H,6-13H2,1-2H3. The van der Waals surface area contributed by atoms with Gasteiger partial charge in [-0.15, -0.1) is 0 Å². The number of aryl methyl sites for hydroxylation is 1. The van der Waals surface area contributed by atoms with Crippen molar-refractivity contribution in [3.8, 4) is 0 Å². The molecule has 0 aliphatic carbocycles. The summed E-state index contributed by atoms with van der Waals surface area (Å²) >= 11 is 0. The molecule has 0 bridgehead atoms. The average Bonchev–Trinajstić information content (AvgIpc) is 2.69. The van der Waals surface area contributed by atoms with Gasteiger partial charge in [0.15, 0.2) is 0 Å². The molecule has 2 aromatic rings. The summed E-state index contributed by atoms with van der Waals surface area (Å²) in [6.45, 7) is 9.80. The highest BCUT2D eigenvalue weighted by Gasteiger charge is 2.22. The summed E-state index contributed by atoms with van der Waals surface area (Å²) in [7, 11) is 2.17. The van der Waals surface area contributed by atoms with E-state index in [0.717, 1.165) is 75.8 Å². The van der Waals surface area contributed by atoms with E-state index < -0.39 is 0 Å². The zero-order valence-corrected chi connectivity index (χ0v) is 15.5. The van der Waals surface area contributed by atoms with Gasteiger partial charge in [0.2, 0.25) is 5.95 Å². The Kier molecular flexibility index (Phi) is 4.83. The maximum Gasteiger partial charge on any atom is 0.225 e. The van der Waals surface area contributed by atoms with Gasteiger partial charge in [-0.05, 0) is 20.0 Å². The zero-order valence-electron chi connectivity index (χ0n) is 15.5. The van der Waals surface area contributed by atoms with Crippen LogP contribution in [0.2, 0.25) is 0 Å². The smallest absolute Gasteiger partial charge is 0.225 e. The molecule has 2 aliphatic rings. The third-order valence-corrected chi connectivity index (χ3v) is 5.08. The second-order valence-corrected chi connectivity index (χ2v) is 6.94. The first kappa shape index (κ1) is 17.0. The van der Waals surface area contributed by atoms with Crippen molar-refractivity contribution in [3.63, 3.8) is 0 Å². The number of hydrogen-bond donors (Lipinski definition) is 0. The van der Waals surface area contributed by atoms with Gasteiger partial charge in [0.1, 0.15) is 17.5 Å². The van der Waals surface area contributed by atoms with E-state index in [-0.39, 0.29) is 0 Å². The summed E-state index contributed by atoms with van der Waals surface area (Å²) in [5.41, 5.74) is 0. The van der Waals surface area contributed by atoms with E-state index in [2.05, 4.69) is 47.7 Å². The van der Waals surface area contributed by atoms with Gasteiger partial charge in [0, 0.05) is 70.8 Å². The molecule has 2 saturated heterocycles. The lowest BCUT2D eigenvalue weighted by atomic mass is 10.3. The van der Waals surface area contributed by atoms with Crippen LogP contribution >= 0.6 is 0 Å². The number of piperazine rings is 2. The van der Waals surface area contributed by atoms with Crippen molar-refractivity contribution in [2.45, 2.75) is 6.92 Å². The Hall–Kier alpha value is -2.48. The zero-order chi connectivity index (χ0) is 17.9. The summed E-state index contributed by atoms with van der Waals surface area (Å²) in [4.78, 5) is 27.4. The molecule has 4 rings (SSSR count). The SMILES string of the molecule is Cc1nc(N2CCN(C)CC2)cc(N2CCN(c3ncccn3)CC2)n1. The fourth-order valence-corrected chi connectivity index (χ4v) is 3.49. The number of rotatable bonds is 3. The summed E-state index contributed by atoms with van der Waals surface area (Å²) in [5, 5.41) is 0. The third kappa shape index (κ3) is 3.70. The van der Waals surface area contributed by atoms with Gasteiger partial charge in [-0.1, -0.05) is 0 Å². The minimum atomic E-state index is 0.809. The van der Waals surface area contributed by atoms with Crippen LogP contribution in [0.15, 0.2) is 24.5 Å². The molecule has 0 atom stereocenters. The Bertz CT molecular complexity index is 721. The van der Waals surface area contributed by atoms with Crippen LogP contribution < -0.4 is 14.7 Å². The largest absolute Gasteiger partial charge is 0.354 e. The van der Waals surface area contributed by atoms with Crippen LogP contribution in [-0.2, 0) is 0 Å². The van der Waals surface area contributed by atoms with Gasteiger partial charge in [0.05, 0.1) is 0 Å². The molecule has 0 spiro atoms. The van der Waals surface area contributed by atoms with E-state index in [1.807, 2.05) is 13.0 Å². The number of likely N-dealkylation sites (N-methyl/N-ethyl adjacent to an activating group) is 1. The van der Waals surface area contributed by atoms with E-state index in [0.29, 0.717) is 0 Å². The highest BCUT2D eigenvalue weighted by molar-refractivity contribution is 5.52. The Balaban J connectivity index is 1.45. The fourth-order valence-electron chi connectivity index (χ4n) is 3.49. The molecular formula is C18H26N8. The molecule has 2 aromatic heterocycles. The predicted octanol–water partition coefficient (Wildman–Crippen LogP) is 0.653. The van der Waals surface area contributed by atoms with E-state index in [1.54, 1.807) is 12.4 Å². The van der Waals surface area contributed by atoms with Crippen molar-refractivity contribution in [1.29, 1.82) is 0 Å². The third-order valence-electron chi connectivity index (χ3n) is 5.08. The van der Waals surface area contributed by atoms with Crippen LogP contribution in [0.4, 0.5) is 17.6 Å². The lowest BCUT2D eigenvalue weighted by Gasteiger charge is -2.36. The molecule has 138 valence electrons. The van der Waals surface area contributed by atoms with E-state index in [9.17, 15) is 0 Å². The van der Waals surface area contributed by atoms with Gasteiger partial charge < -0.3 is 19.6 Å². The van der Waals surface area contributed by atoms with Crippen LogP contribution in [0.1, 0.15) is 5.82 Å². The minimum Gasteiger partial charge on any atom is -0.354 e. The quantitative estimate of drug-likeness (QED) is 0.796. The summed E-state index contributed by atoms with van der Waals surface area (Å²) < 4.78 is 0. The van der Waals surface area contributed by atoms with Crippen molar-refractivity contribution in [3.05, 3.63) is 30.4 Å². The summed E-state index contributed by atoms with van der Waals surface area (Å²) in [5.74, 6) is 3.73. The molecule has 0 saturated carbocycles. The molecule has 0 aromatic carbocycles. The predicted molar refractivity (Wildman–Crippen MR) is 103 cm³/mol. The monoisotopic (exact) mass is 354 g/mol. The highest BCUT2D eigenvalue weighted by Crippen LogP contribution is 2.22. The second-order valence-electron chi connectivity index (χ2n) is 6.94. The lowest BCUT2D eigenvalue weighted by Crippen LogP contribution is -2.48. The van der Waals surface area contributed by atoms with Gasteiger partial charge in [-0.25, -0.2) is 19.9 Å². The van der Waals surface area contributed by atoms with Crippen molar-refractivity contribution in [1.82, 2.24) is 24.8 Å². The lowest BCUT2D eigenvalue weighted by molar-refractivity contribution is 0.312. The maximum absolute atomic E-state index is 4.69. The average molecular weight is 354 g/mol. The minimum absolute atomic E-state index is 0.809. The Labute approximate surface area is 154 Å². The topological polar surface area (TPSA) is 64.5 Å². The van der Waals surface area contributed by atoms with Gasteiger partial charge in [-0.3, -0.25) is 0 Å². The first-order valence-electron chi connectivity index (χ1n) is 9.25.